The Morgan fingerprint density at radius 2 is 1.90 bits per heavy atom. The summed E-state index contributed by atoms with van der Waals surface area (Å²) in [6.45, 7) is 9.13. The van der Waals surface area contributed by atoms with Gasteiger partial charge in [-0.15, -0.1) is 0 Å². The van der Waals surface area contributed by atoms with Crippen LogP contribution in [0, 0.1) is 0 Å². The lowest BCUT2D eigenvalue weighted by atomic mass is 10.4. The number of epoxide rings is 1. The fourth-order valence-corrected chi connectivity index (χ4v) is 1.05. The Balaban J connectivity index is 0.000000810. The van der Waals surface area contributed by atoms with Crippen LogP contribution in [-0.4, -0.2) is 32.3 Å². The monoisotopic (exact) mass is 165 g/mol. The minimum absolute atomic E-state index is 0. The molecule has 0 aliphatic carbocycles. The fraction of sp³-hybridized carbons (Fsp3) is 1.00. The van der Waals surface area contributed by atoms with Crippen LogP contribution in [0.4, 0.5) is 0 Å². The number of hydrogen-bond donors (Lipinski definition) is 1. The first-order valence-electron chi connectivity index (χ1n) is 3.82. The van der Waals surface area contributed by atoms with Crippen LogP contribution in [0.3, 0.4) is 0 Å². The van der Waals surface area contributed by atoms with Crippen molar-refractivity contribution in [2.45, 2.75) is 20.0 Å². The maximum Gasteiger partial charge on any atom is 0.130 e. The van der Waals surface area contributed by atoms with Crippen LogP contribution in [0.2, 0.25) is 0 Å². The van der Waals surface area contributed by atoms with Gasteiger partial charge in [0, 0.05) is 0 Å². The summed E-state index contributed by atoms with van der Waals surface area (Å²) in [5.41, 5.74) is 0. The summed E-state index contributed by atoms with van der Waals surface area (Å²) in [6.07, 6.45) is 0.597. The van der Waals surface area contributed by atoms with Crippen LogP contribution in [-0.2, 0) is 4.74 Å². The molecular weight excluding hydrogens is 150 g/mol. The van der Waals surface area contributed by atoms with E-state index in [-0.39, 0.29) is 12.4 Å². The summed E-state index contributed by atoms with van der Waals surface area (Å²) in [6, 6.07) is 0. The molecule has 3 heteroatoms. The summed E-state index contributed by atoms with van der Waals surface area (Å²) in [4.78, 5) is 1.65. The van der Waals surface area contributed by atoms with Gasteiger partial charge >= 0.3 is 0 Å². The zero-order valence-corrected chi connectivity index (χ0v) is 7.45. The molecule has 2 nitrogen and oxygen atoms in total. The predicted octanol–water partition coefficient (Wildman–Crippen LogP) is -3.69. The number of ether oxygens (including phenoxy) is 1. The second-order valence-corrected chi connectivity index (χ2v) is 2.62. The van der Waals surface area contributed by atoms with E-state index in [0.717, 1.165) is 6.61 Å². The smallest absolute Gasteiger partial charge is 0.130 e. The number of halogens is 1. The molecule has 1 N–H and O–H groups in total. The van der Waals surface area contributed by atoms with Crippen molar-refractivity contribution in [3.63, 3.8) is 0 Å². The molecule has 0 saturated carbocycles. The maximum atomic E-state index is 5.12. The van der Waals surface area contributed by atoms with Crippen molar-refractivity contribution in [3.05, 3.63) is 0 Å². The van der Waals surface area contributed by atoms with Gasteiger partial charge in [0.15, 0.2) is 0 Å². The Bertz CT molecular complexity index is 81.7. The second-order valence-electron chi connectivity index (χ2n) is 2.62. The maximum absolute atomic E-state index is 5.12. The fourth-order valence-electron chi connectivity index (χ4n) is 1.05. The molecule has 1 rings (SSSR count). The minimum Gasteiger partial charge on any atom is -1.00 e. The Labute approximate surface area is 68.9 Å². The third-order valence-electron chi connectivity index (χ3n) is 1.92. The summed E-state index contributed by atoms with van der Waals surface area (Å²) in [5, 5.41) is 0. The van der Waals surface area contributed by atoms with E-state index in [1.165, 1.54) is 19.6 Å². The molecule has 1 aliphatic rings. The zero-order chi connectivity index (χ0) is 6.69. The normalized spacial score (nSPS) is 22.5. The summed E-state index contributed by atoms with van der Waals surface area (Å²) in [7, 11) is 0. The molecule has 10 heavy (non-hydrogen) atoms. The lowest BCUT2D eigenvalue weighted by molar-refractivity contribution is -0.896. The minimum atomic E-state index is 0. The highest BCUT2D eigenvalue weighted by Crippen LogP contribution is 2.04. The molecule has 0 aromatic heterocycles. The van der Waals surface area contributed by atoms with Crippen molar-refractivity contribution < 1.29 is 22.0 Å². The van der Waals surface area contributed by atoms with Gasteiger partial charge in [0.05, 0.1) is 19.7 Å². The molecule has 0 amide bonds. The highest BCUT2D eigenvalue weighted by atomic mass is 35.5. The molecular formula is C7H16ClNO. The van der Waals surface area contributed by atoms with Crippen molar-refractivity contribution in [2.75, 3.05) is 26.2 Å². The number of rotatable bonds is 4. The topological polar surface area (TPSA) is 17.0 Å². The molecule has 1 saturated heterocycles. The lowest BCUT2D eigenvalue weighted by Gasteiger charge is -2.12. The zero-order valence-electron chi connectivity index (χ0n) is 6.69. The average molecular weight is 166 g/mol. The van der Waals surface area contributed by atoms with Crippen LogP contribution in [0.1, 0.15) is 13.8 Å². The quantitative estimate of drug-likeness (QED) is 0.425. The van der Waals surface area contributed by atoms with Crippen LogP contribution >= 0.6 is 0 Å². The van der Waals surface area contributed by atoms with Crippen molar-refractivity contribution in [1.82, 2.24) is 0 Å². The third-order valence-corrected chi connectivity index (χ3v) is 1.92. The molecule has 1 fully saturated rings. The van der Waals surface area contributed by atoms with E-state index in [2.05, 4.69) is 13.8 Å². The number of hydrogen-bond acceptors (Lipinski definition) is 1. The molecule has 0 aromatic rings. The van der Waals surface area contributed by atoms with E-state index in [0.29, 0.717) is 6.10 Å². The molecule has 0 radical (unpaired) electrons. The summed E-state index contributed by atoms with van der Waals surface area (Å²) < 4.78 is 5.12. The molecule has 1 unspecified atom stereocenters. The highest BCUT2D eigenvalue weighted by molar-refractivity contribution is 4.65. The predicted molar refractivity (Wildman–Crippen MR) is 36.7 cm³/mol. The van der Waals surface area contributed by atoms with Gasteiger partial charge in [0.2, 0.25) is 0 Å². The summed E-state index contributed by atoms with van der Waals surface area (Å²) >= 11 is 0. The largest absolute Gasteiger partial charge is 1.00 e. The second kappa shape index (κ2) is 4.94. The Hall–Kier alpha value is 0.210. The molecule has 1 aliphatic heterocycles. The third kappa shape index (κ3) is 3.40. The van der Waals surface area contributed by atoms with Crippen LogP contribution < -0.4 is 17.3 Å². The average Bonchev–Trinajstić information content (AvgIpc) is 2.66. The van der Waals surface area contributed by atoms with Gasteiger partial charge in [0.25, 0.3) is 0 Å². The Morgan fingerprint density at radius 3 is 2.20 bits per heavy atom. The van der Waals surface area contributed by atoms with Crippen LogP contribution in [0.15, 0.2) is 0 Å². The molecule has 0 spiro atoms. The highest BCUT2D eigenvalue weighted by Gasteiger charge is 2.26. The molecule has 1 heterocycles. The summed E-state index contributed by atoms with van der Waals surface area (Å²) in [5.74, 6) is 0. The van der Waals surface area contributed by atoms with Gasteiger partial charge < -0.3 is 22.0 Å². The van der Waals surface area contributed by atoms with Gasteiger partial charge in [-0.3, -0.25) is 0 Å². The van der Waals surface area contributed by atoms with E-state index in [9.17, 15) is 0 Å². The van der Waals surface area contributed by atoms with E-state index in [1.54, 1.807) is 4.90 Å². The van der Waals surface area contributed by atoms with Crippen molar-refractivity contribution >= 4 is 0 Å². The lowest BCUT2D eigenvalue weighted by Crippen LogP contribution is -3.12. The first-order chi connectivity index (χ1) is 4.36. The number of quaternary nitrogens is 1. The van der Waals surface area contributed by atoms with Crippen LogP contribution in [0.25, 0.3) is 0 Å². The van der Waals surface area contributed by atoms with Crippen LogP contribution in [0.5, 0.6) is 0 Å². The van der Waals surface area contributed by atoms with Gasteiger partial charge in [-0.2, -0.15) is 0 Å². The number of likely N-dealkylation sites (N-methyl/N-ethyl adjacent to an activating group) is 1. The van der Waals surface area contributed by atoms with E-state index < -0.39 is 0 Å². The first-order valence-corrected chi connectivity index (χ1v) is 3.82. The number of nitrogens with one attached hydrogen (secondary N) is 1. The standard InChI is InChI=1S/C7H15NO.ClH/c1-3-8(4-2)5-7-6-9-7;/h7H,3-6H2,1-2H3;1H. The molecule has 0 bridgehead atoms. The van der Waals surface area contributed by atoms with Gasteiger partial charge in [0.1, 0.15) is 12.6 Å². The molecule has 0 aromatic carbocycles. The molecule has 62 valence electrons. The van der Waals surface area contributed by atoms with Gasteiger partial charge in [-0.1, -0.05) is 0 Å². The SMILES string of the molecule is CC[NH+](CC)CC1CO1.[Cl-]. The van der Waals surface area contributed by atoms with Crippen molar-refractivity contribution in [3.8, 4) is 0 Å². The first kappa shape index (κ1) is 10.2. The van der Waals surface area contributed by atoms with Gasteiger partial charge in [-0.05, 0) is 13.8 Å². The van der Waals surface area contributed by atoms with E-state index in [4.69, 9.17) is 4.74 Å². The Kier molecular flexibility index (Phi) is 5.04. The molecule has 1 atom stereocenters. The van der Waals surface area contributed by atoms with Crippen molar-refractivity contribution in [2.24, 2.45) is 0 Å². The van der Waals surface area contributed by atoms with Gasteiger partial charge in [-0.25, -0.2) is 0 Å². The van der Waals surface area contributed by atoms with E-state index >= 15 is 0 Å². The Morgan fingerprint density at radius 1 is 1.40 bits per heavy atom. The van der Waals surface area contributed by atoms with Crippen molar-refractivity contribution in [1.29, 1.82) is 0 Å². The van der Waals surface area contributed by atoms with E-state index in [1.807, 2.05) is 0 Å².